The van der Waals surface area contributed by atoms with Gasteiger partial charge < -0.3 is 14.4 Å². The van der Waals surface area contributed by atoms with Crippen LogP contribution in [0.15, 0.2) is 48.5 Å². The third-order valence-electron chi connectivity index (χ3n) is 3.54. The van der Waals surface area contributed by atoms with E-state index >= 15 is 0 Å². The molecule has 0 saturated heterocycles. The lowest BCUT2D eigenvalue weighted by Crippen LogP contribution is -2.33. The van der Waals surface area contributed by atoms with E-state index in [1.54, 1.807) is 43.4 Å². The van der Waals surface area contributed by atoms with Gasteiger partial charge in [-0.25, -0.2) is 4.39 Å². The number of nitrogens with zero attached hydrogens (tertiary/aromatic N) is 1. The minimum atomic E-state index is -0.311. The van der Waals surface area contributed by atoms with E-state index in [0.29, 0.717) is 42.9 Å². The third-order valence-corrected chi connectivity index (χ3v) is 3.54. The maximum atomic E-state index is 12.8. The van der Waals surface area contributed by atoms with Crippen molar-refractivity contribution in [1.82, 2.24) is 4.90 Å². The largest absolute Gasteiger partial charge is 0.494 e. The molecule has 0 bridgehead atoms. The Kier molecular flexibility index (Phi) is 6.95. The summed E-state index contributed by atoms with van der Waals surface area (Å²) < 4.78 is 23.7. The standard InChI is InChI=1S/C19H20FNO4/c1-21(11-4-12-24-17-9-7-16(20)8-10-17)19(23)14-25-18-6-3-2-5-15(18)13-22/h2-3,5-10,13H,4,11-12,14H2,1H3. The number of benzene rings is 2. The van der Waals surface area contributed by atoms with Gasteiger partial charge in [0.15, 0.2) is 12.9 Å². The van der Waals surface area contributed by atoms with Crippen molar-refractivity contribution in [3.8, 4) is 11.5 Å². The van der Waals surface area contributed by atoms with Crippen molar-refractivity contribution in [3.63, 3.8) is 0 Å². The molecule has 2 aromatic rings. The molecule has 2 rings (SSSR count). The summed E-state index contributed by atoms with van der Waals surface area (Å²) >= 11 is 0. The maximum absolute atomic E-state index is 12.8. The number of ether oxygens (including phenoxy) is 2. The SMILES string of the molecule is CN(CCCOc1ccc(F)cc1)C(=O)COc1ccccc1C=O. The second kappa shape index (κ2) is 9.42. The van der Waals surface area contributed by atoms with Crippen LogP contribution in [0, 0.1) is 5.82 Å². The normalized spacial score (nSPS) is 10.2. The molecule has 0 aliphatic rings. The predicted molar refractivity (Wildman–Crippen MR) is 91.5 cm³/mol. The molecule has 1 amide bonds. The van der Waals surface area contributed by atoms with Gasteiger partial charge in [-0.2, -0.15) is 0 Å². The molecule has 0 unspecified atom stereocenters. The highest BCUT2D eigenvalue weighted by molar-refractivity contribution is 5.80. The van der Waals surface area contributed by atoms with Gasteiger partial charge in [0.1, 0.15) is 17.3 Å². The van der Waals surface area contributed by atoms with Crippen LogP contribution in [0.25, 0.3) is 0 Å². The number of rotatable bonds is 9. The first-order valence-electron chi connectivity index (χ1n) is 7.89. The van der Waals surface area contributed by atoms with Gasteiger partial charge in [-0.1, -0.05) is 12.1 Å². The monoisotopic (exact) mass is 345 g/mol. The summed E-state index contributed by atoms with van der Waals surface area (Å²) in [6.45, 7) is 0.775. The number of hydrogen-bond acceptors (Lipinski definition) is 4. The van der Waals surface area contributed by atoms with Crippen LogP contribution in [-0.4, -0.2) is 43.9 Å². The quantitative estimate of drug-likeness (QED) is 0.518. The second-order valence-electron chi connectivity index (χ2n) is 5.42. The van der Waals surface area contributed by atoms with E-state index in [1.165, 1.54) is 17.0 Å². The van der Waals surface area contributed by atoms with Crippen LogP contribution in [0.4, 0.5) is 4.39 Å². The molecule has 0 spiro atoms. The van der Waals surface area contributed by atoms with Gasteiger partial charge in [0.25, 0.3) is 5.91 Å². The van der Waals surface area contributed by atoms with Crippen LogP contribution in [0.2, 0.25) is 0 Å². The van der Waals surface area contributed by atoms with E-state index in [2.05, 4.69) is 0 Å². The summed E-state index contributed by atoms with van der Waals surface area (Å²) in [5.41, 5.74) is 0.408. The highest BCUT2D eigenvalue weighted by Gasteiger charge is 2.11. The first-order valence-corrected chi connectivity index (χ1v) is 7.89. The molecular formula is C19H20FNO4. The van der Waals surface area contributed by atoms with Crippen LogP contribution in [-0.2, 0) is 4.79 Å². The molecule has 0 aromatic heterocycles. The van der Waals surface area contributed by atoms with Crippen molar-refractivity contribution < 1.29 is 23.5 Å². The van der Waals surface area contributed by atoms with Gasteiger partial charge in [-0.05, 0) is 42.8 Å². The van der Waals surface area contributed by atoms with Crippen molar-refractivity contribution in [3.05, 3.63) is 59.9 Å². The summed E-state index contributed by atoms with van der Waals surface area (Å²) in [5.74, 6) is 0.472. The van der Waals surface area contributed by atoms with Crippen LogP contribution in [0.3, 0.4) is 0 Å². The number of likely N-dealkylation sites (N-methyl/N-ethyl adjacent to an activating group) is 1. The molecular weight excluding hydrogens is 325 g/mol. The fourth-order valence-electron chi connectivity index (χ4n) is 2.11. The molecule has 0 saturated carbocycles. The molecule has 0 aliphatic carbocycles. The van der Waals surface area contributed by atoms with Gasteiger partial charge in [0.05, 0.1) is 12.2 Å². The Balaban J connectivity index is 1.69. The topological polar surface area (TPSA) is 55.8 Å². The lowest BCUT2D eigenvalue weighted by atomic mass is 10.2. The zero-order valence-corrected chi connectivity index (χ0v) is 14.0. The first-order chi connectivity index (χ1) is 12.1. The van der Waals surface area contributed by atoms with Gasteiger partial charge in [0.2, 0.25) is 0 Å². The van der Waals surface area contributed by atoms with Crippen molar-refractivity contribution >= 4 is 12.2 Å². The smallest absolute Gasteiger partial charge is 0.260 e. The van der Waals surface area contributed by atoms with Gasteiger partial charge in [-0.15, -0.1) is 0 Å². The molecule has 132 valence electrons. The minimum absolute atomic E-state index is 0.139. The molecule has 0 N–H and O–H groups in total. The Labute approximate surface area is 146 Å². The Morgan fingerprint density at radius 2 is 1.84 bits per heavy atom. The number of hydrogen-bond donors (Lipinski definition) is 0. The summed E-state index contributed by atoms with van der Waals surface area (Å²) in [7, 11) is 1.68. The summed E-state index contributed by atoms with van der Waals surface area (Å²) in [6.07, 6.45) is 1.32. The zero-order chi connectivity index (χ0) is 18.1. The molecule has 0 fully saturated rings. The molecule has 2 aromatic carbocycles. The Morgan fingerprint density at radius 1 is 1.12 bits per heavy atom. The van der Waals surface area contributed by atoms with E-state index in [1.807, 2.05) is 0 Å². The summed E-state index contributed by atoms with van der Waals surface area (Å²) in [4.78, 5) is 24.5. The Bertz CT molecular complexity index is 703. The molecule has 0 aliphatic heterocycles. The van der Waals surface area contributed by atoms with E-state index in [0.717, 1.165) is 0 Å². The lowest BCUT2D eigenvalue weighted by molar-refractivity contribution is -0.132. The van der Waals surface area contributed by atoms with Crippen LogP contribution >= 0.6 is 0 Å². The van der Waals surface area contributed by atoms with Crippen molar-refractivity contribution in [2.75, 3.05) is 26.8 Å². The Hall–Kier alpha value is -2.89. The van der Waals surface area contributed by atoms with Crippen molar-refractivity contribution in [2.24, 2.45) is 0 Å². The number of amides is 1. The minimum Gasteiger partial charge on any atom is -0.494 e. The number of aldehydes is 1. The highest BCUT2D eigenvalue weighted by Crippen LogP contribution is 2.15. The molecule has 0 radical (unpaired) electrons. The lowest BCUT2D eigenvalue weighted by Gasteiger charge is -2.18. The summed E-state index contributed by atoms with van der Waals surface area (Å²) in [6, 6.07) is 12.5. The fraction of sp³-hybridized carbons (Fsp3) is 0.263. The van der Waals surface area contributed by atoms with E-state index < -0.39 is 0 Å². The molecule has 25 heavy (non-hydrogen) atoms. The van der Waals surface area contributed by atoms with Crippen LogP contribution < -0.4 is 9.47 Å². The van der Waals surface area contributed by atoms with Crippen LogP contribution in [0.1, 0.15) is 16.8 Å². The molecule has 0 heterocycles. The number of carbonyl (C=O) groups excluding carboxylic acids is 2. The van der Waals surface area contributed by atoms with Gasteiger partial charge in [-0.3, -0.25) is 9.59 Å². The number of halogens is 1. The number of para-hydroxylation sites is 1. The summed E-state index contributed by atoms with van der Waals surface area (Å²) in [5, 5.41) is 0. The van der Waals surface area contributed by atoms with E-state index in [4.69, 9.17) is 9.47 Å². The fourth-order valence-corrected chi connectivity index (χ4v) is 2.11. The van der Waals surface area contributed by atoms with E-state index in [-0.39, 0.29) is 18.3 Å². The molecule has 6 heteroatoms. The van der Waals surface area contributed by atoms with Crippen molar-refractivity contribution in [2.45, 2.75) is 6.42 Å². The maximum Gasteiger partial charge on any atom is 0.260 e. The van der Waals surface area contributed by atoms with Crippen LogP contribution in [0.5, 0.6) is 11.5 Å². The third kappa shape index (κ3) is 5.91. The van der Waals surface area contributed by atoms with Crippen molar-refractivity contribution in [1.29, 1.82) is 0 Å². The van der Waals surface area contributed by atoms with Gasteiger partial charge in [0, 0.05) is 13.6 Å². The zero-order valence-electron chi connectivity index (χ0n) is 14.0. The van der Waals surface area contributed by atoms with Gasteiger partial charge >= 0.3 is 0 Å². The van der Waals surface area contributed by atoms with E-state index in [9.17, 15) is 14.0 Å². The average Bonchev–Trinajstić information content (AvgIpc) is 2.64. The number of carbonyl (C=O) groups is 2. The average molecular weight is 345 g/mol. The highest BCUT2D eigenvalue weighted by atomic mass is 19.1. The molecule has 0 atom stereocenters. The second-order valence-corrected chi connectivity index (χ2v) is 5.42. The first kappa shape index (κ1) is 18.4. The molecule has 5 nitrogen and oxygen atoms in total. The Morgan fingerprint density at radius 3 is 2.56 bits per heavy atom. The predicted octanol–water partition coefficient (Wildman–Crippen LogP) is 2.94.